The molecule has 0 saturated carbocycles. The van der Waals surface area contributed by atoms with Crippen molar-refractivity contribution in [3.8, 4) is 5.88 Å². The van der Waals surface area contributed by atoms with Crippen LogP contribution in [0, 0.1) is 5.82 Å². The number of hydrogen-bond acceptors (Lipinski definition) is 4. The summed E-state index contributed by atoms with van der Waals surface area (Å²) >= 11 is 0. The first-order chi connectivity index (χ1) is 6.77. The molecule has 1 heterocycles. The van der Waals surface area contributed by atoms with Crippen LogP contribution in [-0.2, 0) is 0 Å². The zero-order valence-electron chi connectivity index (χ0n) is 7.96. The molecule has 1 aromatic heterocycles. The van der Waals surface area contributed by atoms with Gasteiger partial charge in [0.1, 0.15) is 6.61 Å². The van der Waals surface area contributed by atoms with Gasteiger partial charge < -0.3 is 10.1 Å². The zero-order valence-corrected chi connectivity index (χ0v) is 7.96. The van der Waals surface area contributed by atoms with E-state index in [4.69, 9.17) is 4.74 Å². The van der Waals surface area contributed by atoms with Crippen LogP contribution in [0.5, 0.6) is 5.88 Å². The number of hydrogen-bond donors (Lipinski definition) is 1. The predicted molar refractivity (Wildman–Crippen MR) is 51.8 cm³/mol. The molecule has 0 aliphatic rings. The third-order valence-corrected chi connectivity index (χ3v) is 1.38. The second kappa shape index (κ2) is 5.16. The normalized spacial score (nSPS) is 9.57. The van der Waals surface area contributed by atoms with Crippen LogP contribution in [0.2, 0.25) is 0 Å². The minimum atomic E-state index is -0.575. The summed E-state index contributed by atoms with van der Waals surface area (Å²) in [6.45, 7) is 6.25. The first-order valence-corrected chi connectivity index (χ1v) is 4.28. The van der Waals surface area contributed by atoms with Gasteiger partial charge in [-0.25, -0.2) is 4.98 Å². The number of rotatable bonds is 5. The molecule has 0 bridgehead atoms. The number of ether oxygens (including phenoxy) is 1. The van der Waals surface area contributed by atoms with Crippen molar-refractivity contribution < 1.29 is 9.13 Å². The van der Waals surface area contributed by atoms with Gasteiger partial charge in [0.2, 0.25) is 11.8 Å². The molecule has 0 saturated heterocycles. The summed E-state index contributed by atoms with van der Waals surface area (Å²) < 4.78 is 18.0. The van der Waals surface area contributed by atoms with Gasteiger partial charge in [-0.2, -0.15) is 9.37 Å². The van der Waals surface area contributed by atoms with Gasteiger partial charge in [-0.05, 0) is 6.92 Å². The monoisotopic (exact) mass is 197 g/mol. The van der Waals surface area contributed by atoms with E-state index in [-0.39, 0.29) is 12.5 Å². The van der Waals surface area contributed by atoms with Crippen LogP contribution in [-0.4, -0.2) is 23.1 Å². The zero-order chi connectivity index (χ0) is 10.4. The average molecular weight is 197 g/mol. The van der Waals surface area contributed by atoms with Crippen LogP contribution >= 0.6 is 0 Å². The Morgan fingerprint density at radius 2 is 2.50 bits per heavy atom. The fourth-order valence-corrected chi connectivity index (χ4v) is 0.834. The second-order valence-corrected chi connectivity index (χ2v) is 2.48. The lowest BCUT2D eigenvalue weighted by Gasteiger charge is -2.05. The van der Waals surface area contributed by atoms with Gasteiger partial charge in [-0.15, -0.1) is 0 Å². The van der Waals surface area contributed by atoms with Crippen molar-refractivity contribution in [1.29, 1.82) is 0 Å². The van der Waals surface area contributed by atoms with Crippen molar-refractivity contribution in [3.63, 3.8) is 0 Å². The number of halogens is 1. The highest BCUT2D eigenvalue weighted by Crippen LogP contribution is 2.13. The number of nitrogens with zero attached hydrogens (tertiary/aromatic N) is 2. The van der Waals surface area contributed by atoms with Gasteiger partial charge in [0.05, 0.1) is 6.20 Å². The Labute approximate surface area is 81.8 Å². The standard InChI is InChI=1S/C9H12FN3O/c1-3-5-14-8-7(10)6-12-9(13-8)11-4-2/h3,6H,1,4-5H2,2H3,(H,11,12,13). The Hall–Kier alpha value is -1.65. The van der Waals surface area contributed by atoms with E-state index in [1.807, 2.05) is 6.92 Å². The minimum Gasteiger partial charge on any atom is -0.471 e. The molecule has 0 spiro atoms. The summed E-state index contributed by atoms with van der Waals surface area (Å²) in [6.07, 6.45) is 2.60. The molecule has 0 atom stereocenters. The highest BCUT2D eigenvalue weighted by molar-refractivity contribution is 5.28. The van der Waals surface area contributed by atoms with Crippen molar-refractivity contribution in [2.45, 2.75) is 6.92 Å². The van der Waals surface area contributed by atoms with E-state index in [2.05, 4.69) is 21.9 Å². The Morgan fingerprint density at radius 1 is 1.71 bits per heavy atom. The Kier molecular flexibility index (Phi) is 3.84. The molecule has 76 valence electrons. The molecule has 1 aromatic rings. The lowest BCUT2D eigenvalue weighted by molar-refractivity contribution is 0.326. The highest BCUT2D eigenvalue weighted by Gasteiger charge is 2.06. The molecule has 0 fully saturated rings. The third kappa shape index (κ3) is 2.69. The molecular weight excluding hydrogens is 185 g/mol. The Morgan fingerprint density at radius 3 is 3.14 bits per heavy atom. The highest BCUT2D eigenvalue weighted by atomic mass is 19.1. The smallest absolute Gasteiger partial charge is 0.255 e. The van der Waals surface area contributed by atoms with Gasteiger partial charge in [0, 0.05) is 6.54 Å². The van der Waals surface area contributed by atoms with Gasteiger partial charge in [0.15, 0.2) is 0 Å². The summed E-state index contributed by atoms with van der Waals surface area (Å²) in [5, 5.41) is 2.86. The van der Waals surface area contributed by atoms with E-state index in [1.165, 1.54) is 6.08 Å². The summed E-state index contributed by atoms with van der Waals surface area (Å²) in [5.74, 6) is -0.280. The van der Waals surface area contributed by atoms with Gasteiger partial charge in [0.25, 0.3) is 5.88 Å². The van der Waals surface area contributed by atoms with Gasteiger partial charge in [-0.1, -0.05) is 12.7 Å². The van der Waals surface area contributed by atoms with E-state index in [0.717, 1.165) is 6.20 Å². The number of aromatic nitrogens is 2. The maximum absolute atomic E-state index is 13.0. The summed E-state index contributed by atoms with van der Waals surface area (Å²) in [5.41, 5.74) is 0. The summed E-state index contributed by atoms with van der Waals surface area (Å²) in [6, 6.07) is 0. The lowest BCUT2D eigenvalue weighted by atomic mass is 10.6. The number of anilines is 1. The second-order valence-electron chi connectivity index (χ2n) is 2.48. The molecule has 0 radical (unpaired) electrons. The molecule has 0 aliphatic carbocycles. The Bertz CT molecular complexity index is 317. The maximum Gasteiger partial charge on any atom is 0.255 e. The fourth-order valence-electron chi connectivity index (χ4n) is 0.834. The molecule has 4 nitrogen and oxygen atoms in total. The molecular formula is C9H12FN3O. The van der Waals surface area contributed by atoms with Crippen molar-refractivity contribution in [2.24, 2.45) is 0 Å². The molecule has 0 aromatic carbocycles. The topological polar surface area (TPSA) is 47.0 Å². The first-order valence-electron chi connectivity index (χ1n) is 4.28. The van der Waals surface area contributed by atoms with Crippen LogP contribution in [0.4, 0.5) is 10.3 Å². The molecule has 5 heteroatoms. The molecule has 0 unspecified atom stereocenters. The van der Waals surface area contributed by atoms with Crippen LogP contribution in [0.3, 0.4) is 0 Å². The van der Waals surface area contributed by atoms with Crippen molar-refractivity contribution in [3.05, 3.63) is 24.7 Å². The van der Waals surface area contributed by atoms with E-state index >= 15 is 0 Å². The van der Waals surface area contributed by atoms with Gasteiger partial charge in [-0.3, -0.25) is 0 Å². The van der Waals surface area contributed by atoms with E-state index in [0.29, 0.717) is 12.5 Å². The fraction of sp³-hybridized carbons (Fsp3) is 0.333. The van der Waals surface area contributed by atoms with Crippen molar-refractivity contribution in [2.75, 3.05) is 18.5 Å². The molecule has 14 heavy (non-hydrogen) atoms. The molecule has 1 rings (SSSR count). The van der Waals surface area contributed by atoms with Crippen LogP contribution in [0.25, 0.3) is 0 Å². The van der Waals surface area contributed by atoms with Crippen LogP contribution < -0.4 is 10.1 Å². The van der Waals surface area contributed by atoms with E-state index in [1.54, 1.807) is 0 Å². The largest absolute Gasteiger partial charge is 0.471 e. The average Bonchev–Trinajstić information content (AvgIpc) is 2.19. The lowest BCUT2D eigenvalue weighted by Crippen LogP contribution is -2.05. The third-order valence-electron chi connectivity index (χ3n) is 1.38. The summed E-state index contributed by atoms with van der Waals surface area (Å²) in [7, 11) is 0. The summed E-state index contributed by atoms with van der Waals surface area (Å²) in [4.78, 5) is 7.57. The van der Waals surface area contributed by atoms with Gasteiger partial charge >= 0.3 is 0 Å². The Balaban J connectivity index is 2.78. The predicted octanol–water partition coefficient (Wildman–Crippen LogP) is 1.61. The van der Waals surface area contributed by atoms with Crippen LogP contribution in [0.15, 0.2) is 18.9 Å². The molecule has 1 N–H and O–H groups in total. The number of nitrogens with one attached hydrogen (secondary N) is 1. The SMILES string of the molecule is C=CCOc1nc(NCC)ncc1F. The minimum absolute atomic E-state index is 0.0594. The van der Waals surface area contributed by atoms with Crippen molar-refractivity contribution in [1.82, 2.24) is 9.97 Å². The maximum atomic E-state index is 13.0. The quantitative estimate of drug-likeness (QED) is 0.728. The van der Waals surface area contributed by atoms with E-state index < -0.39 is 5.82 Å². The first kappa shape index (κ1) is 10.4. The van der Waals surface area contributed by atoms with Crippen molar-refractivity contribution >= 4 is 5.95 Å². The van der Waals surface area contributed by atoms with Crippen LogP contribution in [0.1, 0.15) is 6.92 Å². The van der Waals surface area contributed by atoms with E-state index in [9.17, 15) is 4.39 Å². The molecule has 0 amide bonds. The molecule has 0 aliphatic heterocycles.